The normalized spacial score (nSPS) is 17.5. The molecular formula is C31H39F3O. The highest BCUT2D eigenvalue weighted by atomic mass is 19.2. The van der Waals surface area contributed by atoms with Crippen molar-refractivity contribution in [2.75, 3.05) is 6.61 Å². The van der Waals surface area contributed by atoms with E-state index < -0.39 is 17.3 Å². The molecule has 2 aromatic carbocycles. The van der Waals surface area contributed by atoms with Gasteiger partial charge in [0.2, 0.25) is 5.82 Å². The van der Waals surface area contributed by atoms with Crippen molar-refractivity contribution in [2.24, 2.45) is 0 Å². The highest BCUT2D eigenvalue weighted by Gasteiger charge is 2.39. The molecule has 0 bridgehead atoms. The summed E-state index contributed by atoms with van der Waals surface area (Å²) in [4.78, 5) is 0. The van der Waals surface area contributed by atoms with E-state index in [1.54, 1.807) is 30.4 Å². The molecule has 0 heterocycles. The van der Waals surface area contributed by atoms with Crippen molar-refractivity contribution >= 4 is 5.57 Å². The van der Waals surface area contributed by atoms with Crippen molar-refractivity contribution in [3.8, 4) is 5.75 Å². The van der Waals surface area contributed by atoms with Crippen LogP contribution in [-0.4, -0.2) is 6.61 Å². The second-order valence-corrected chi connectivity index (χ2v) is 9.52. The fraction of sp³-hybridized carbons (Fsp3) is 0.484. The van der Waals surface area contributed by atoms with Crippen molar-refractivity contribution in [2.45, 2.75) is 90.1 Å². The number of hydrogen-bond acceptors (Lipinski definition) is 1. The zero-order valence-corrected chi connectivity index (χ0v) is 21.2. The number of alkyl halides is 1. The van der Waals surface area contributed by atoms with Crippen LogP contribution in [0.25, 0.3) is 5.57 Å². The Labute approximate surface area is 209 Å². The van der Waals surface area contributed by atoms with Crippen LogP contribution in [0.4, 0.5) is 13.2 Å². The van der Waals surface area contributed by atoms with E-state index in [0.717, 1.165) is 50.5 Å². The minimum atomic E-state index is -1.93. The number of unbranched alkanes of at least 4 members (excludes halogenated alkanes) is 7. The second kappa shape index (κ2) is 13.6. The zero-order chi connectivity index (χ0) is 25.1. The number of aryl methyl sites for hydroxylation is 1. The van der Waals surface area contributed by atoms with Gasteiger partial charge in [-0.2, -0.15) is 4.39 Å². The quantitative estimate of drug-likeness (QED) is 0.243. The Morgan fingerprint density at radius 1 is 0.800 bits per heavy atom. The number of hydrogen-bond donors (Lipinski definition) is 0. The molecule has 0 saturated carbocycles. The van der Waals surface area contributed by atoms with Crippen molar-refractivity contribution in [1.29, 1.82) is 0 Å². The molecule has 0 saturated heterocycles. The van der Waals surface area contributed by atoms with Gasteiger partial charge in [-0.3, -0.25) is 0 Å². The van der Waals surface area contributed by atoms with E-state index in [0.29, 0.717) is 12.2 Å². The fourth-order valence-corrected chi connectivity index (χ4v) is 4.64. The Bertz CT molecular complexity index is 993. The molecule has 35 heavy (non-hydrogen) atoms. The summed E-state index contributed by atoms with van der Waals surface area (Å²) >= 11 is 0. The van der Waals surface area contributed by atoms with E-state index in [4.69, 9.17) is 4.74 Å². The standard InChI is InChI=1S/C31H39F3O/c1-3-5-7-8-9-13-23-35-28-21-20-26(29(32)30(28)33)27-15-11-12-22-31(27,34)25-18-16-24(17-19-25)14-10-6-4-2/h11-12,15-21H,3-10,13-14,22-23H2,1-2H3. The van der Waals surface area contributed by atoms with E-state index in [9.17, 15) is 4.39 Å². The van der Waals surface area contributed by atoms with Gasteiger partial charge in [-0.05, 0) is 42.5 Å². The molecule has 0 aliphatic heterocycles. The summed E-state index contributed by atoms with van der Waals surface area (Å²) in [7, 11) is 0. The molecular weight excluding hydrogens is 445 g/mol. The third-order valence-corrected chi connectivity index (χ3v) is 6.80. The van der Waals surface area contributed by atoms with Crippen LogP contribution >= 0.6 is 0 Å². The first-order chi connectivity index (χ1) is 17.0. The Balaban J connectivity index is 1.73. The average molecular weight is 485 g/mol. The molecule has 0 radical (unpaired) electrons. The summed E-state index contributed by atoms with van der Waals surface area (Å²) in [5, 5.41) is 0. The first kappa shape index (κ1) is 27.1. The van der Waals surface area contributed by atoms with Gasteiger partial charge in [0.1, 0.15) is 0 Å². The molecule has 1 aliphatic rings. The summed E-state index contributed by atoms with van der Waals surface area (Å²) in [6.07, 6.45) is 15.9. The molecule has 4 heteroatoms. The Morgan fingerprint density at radius 3 is 2.23 bits per heavy atom. The van der Waals surface area contributed by atoms with Gasteiger partial charge in [-0.15, -0.1) is 0 Å². The highest BCUT2D eigenvalue weighted by molar-refractivity contribution is 5.77. The molecule has 1 atom stereocenters. The Hall–Kier alpha value is -2.49. The predicted octanol–water partition coefficient (Wildman–Crippen LogP) is 9.65. The van der Waals surface area contributed by atoms with Crippen LogP contribution in [0.5, 0.6) is 5.75 Å². The SMILES string of the molecule is CCCCCCCCOc1ccc(C2=CC=CCC2(F)c2ccc(CCCCC)cc2)c(F)c1F. The van der Waals surface area contributed by atoms with Crippen LogP contribution in [0.15, 0.2) is 54.6 Å². The van der Waals surface area contributed by atoms with Gasteiger partial charge in [-0.1, -0.05) is 101 Å². The highest BCUT2D eigenvalue weighted by Crippen LogP contribution is 2.46. The van der Waals surface area contributed by atoms with E-state index >= 15 is 8.78 Å². The van der Waals surface area contributed by atoms with Crippen LogP contribution in [0.1, 0.15) is 94.7 Å². The topological polar surface area (TPSA) is 9.23 Å². The van der Waals surface area contributed by atoms with Crippen LogP contribution in [-0.2, 0) is 12.1 Å². The van der Waals surface area contributed by atoms with Gasteiger partial charge < -0.3 is 4.74 Å². The van der Waals surface area contributed by atoms with Crippen LogP contribution in [0.3, 0.4) is 0 Å². The van der Waals surface area contributed by atoms with Gasteiger partial charge in [0.05, 0.1) is 6.61 Å². The summed E-state index contributed by atoms with van der Waals surface area (Å²) < 4.78 is 52.0. The molecule has 1 nitrogen and oxygen atoms in total. The van der Waals surface area contributed by atoms with Gasteiger partial charge in [0.25, 0.3) is 0 Å². The Kier molecular flexibility index (Phi) is 10.5. The zero-order valence-electron chi connectivity index (χ0n) is 21.2. The van der Waals surface area contributed by atoms with E-state index in [-0.39, 0.29) is 23.3 Å². The molecule has 0 N–H and O–H groups in total. The Morgan fingerprint density at radius 2 is 1.49 bits per heavy atom. The molecule has 1 aliphatic carbocycles. The number of rotatable bonds is 14. The molecule has 0 spiro atoms. The molecule has 0 amide bonds. The van der Waals surface area contributed by atoms with Gasteiger partial charge in [-0.25, -0.2) is 8.78 Å². The average Bonchev–Trinajstić information content (AvgIpc) is 2.87. The maximum atomic E-state index is 16.4. The van der Waals surface area contributed by atoms with Crippen molar-refractivity contribution < 1.29 is 17.9 Å². The lowest BCUT2D eigenvalue weighted by Gasteiger charge is -2.30. The minimum Gasteiger partial charge on any atom is -0.490 e. The number of allylic oxidation sites excluding steroid dienone is 4. The van der Waals surface area contributed by atoms with E-state index in [1.807, 2.05) is 12.1 Å². The first-order valence-electron chi connectivity index (χ1n) is 13.3. The number of benzene rings is 2. The largest absolute Gasteiger partial charge is 0.490 e. The molecule has 0 aromatic heterocycles. The summed E-state index contributed by atoms with van der Waals surface area (Å²) in [5.41, 5.74) is -0.238. The van der Waals surface area contributed by atoms with E-state index in [2.05, 4.69) is 13.8 Å². The predicted molar refractivity (Wildman–Crippen MR) is 139 cm³/mol. The van der Waals surface area contributed by atoms with Crippen molar-refractivity contribution in [3.63, 3.8) is 0 Å². The molecule has 190 valence electrons. The second-order valence-electron chi connectivity index (χ2n) is 9.52. The lowest BCUT2D eigenvalue weighted by molar-refractivity contribution is 0.248. The summed E-state index contributed by atoms with van der Waals surface area (Å²) in [5.74, 6) is -2.24. The van der Waals surface area contributed by atoms with Crippen LogP contribution in [0.2, 0.25) is 0 Å². The van der Waals surface area contributed by atoms with E-state index in [1.165, 1.54) is 31.4 Å². The van der Waals surface area contributed by atoms with Crippen LogP contribution in [0, 0.1) is 11.6 Å². The minimum absolute atomic E-state index is 0.0618. The maximum Gasteiger partial charge on any atom is 0.201 e. The van der Waals surface area contributed by atoms with Crippen molar-refractivity contribution in [1.82, 2.24) is 0 Å². The monoisotopic (exact) mass is 484 g/mol. The summed E-state index contributed by atoms with van der Waals surface area (Å²) in [6, 6.07) is 10.3. The van der Waals surface area contributed by atoms with Gasteiger partial charge in [0.15, 0.2) is 17.2 Å². The third kappa shape index (κ3) is 7.02. The smallest absolute Gasteiger partial charge is 0.201 e. The molecule has 0 fully saturated rings. The fourth-order valence-electron chi connectivity index (χ4n) is 4.64. The number of halogens is 3. The van der Waals surface area contributed by atoms with Crippen LogP contribution < -0.4 is 4.74 Å². The van der Waals surface area contributed by atoms with Gasteiger partial charge in [0, 0.05) is 17.6 Å². The van der Waals surface area contributed by atoms with Gasteiger partial charge >= 0.3 is 0 Å². The maximum absolute atomic E-state index is 16.4. The number of ether oxygens (including phenoxy) is 1. The third-order valence-electron chi connectivity index (χ3n) is 6.80. The molecule has 3 rings (SSSR count). The molecule has 1 unspecified atom stereocenters. The summed E-state index contributed by atoms with van der Waals surface area (Å²) in [6.45, 7) is 4.67. The first-order valence-corrected chi connectivity index (χ1v) is 13.3. The lowest BCUT2D eigenvalue weighted by atomic mass is 9.78. The lowest BCUT2D eigenvalue weighted by Crippen LogP contribution is -2.24. The van der Waals surface area contributed by atoms with Crippen molar-refractivity contribution in [3.05, 3.63) is 83.0 Å². The molecule has 2 aromatic rings.